The molecule has 4 aromatic rings. The Hall–Kier alpha value is -3.83. The molecule has 0 aliphatic carbocycles. The van der Waals surface area contributed by atoms with Crippen LogP contribution in [-0.2, 0) is 34.2 Å². The zero-order chi connectivity index (χ0) is 30.1. The van der Waals surface area contributed by atoms with E-state index in [9.17, 15) is 18.0 Å². The maximum atomic E-state index is 13.5. The number of carbonyl (C=O) groups is 2. The van der Waals surface area contributed by atoms with Crippen LogP contribution in [0.2, 0.25) is 0 Å². The van der Waals surface area contributed by atoms with Gasteiger partial charge in [0, 0.05) is 36.2 Å². The first kappa shape index (κ1) is 31.1. The maximum absolute atomic E-state index is 13.5. The number of hydrogen-bond acceptors (Lipinski definition) is 5. The number of halogens is 1. The third-order valence-corrected chi connectivity index (χ3v) is 8.19. The van der Waals surface area contributed by atoms with E-state index in [1.165, 1.54) is 12.1 Å². The molecule has 2 amide bonds. The van der Waals surface area contributed by atoms with Crippen LogP contribution in [0.3, 0.4) is 0 Å². The second-order valence-electron chi connectivity index (χ2n) is 9.88. The summed E-state index contributed by atoms with van der Waals surface area (Å²) in [6.45, 7) is 1.59. The van der Waals surface area contributed by atoms with Gasteiger partial charge in [-0.15, -0.1) is 0 Å². The van der Waals surface area contributed by atoms with E-state index < -0.39 is 10.0 Å². The van der Waals surface area contributed by atoms with Gasteiger partial charge in [-0.3, -0.25) is 9.59 Å². The predicted molar refractivity (Wildman–Crippen MR) is 168 cm³/mol. The Morgan fingerprint density at radius 3 is 2.12 bits per heavy atom. The van der Waals surface area contributed by atoms with Crippen molar-refractivity contribution in [2.24, 2.45) is 10.9 Å². The molecule has 0 aliphatic heterocycles. The average Bonchev–Trinajstić information content (AvgIpc) is 2.99. The molecule has 0 unspecified atom stereocenters. The van der Waals surface area contributed by atoms with Gasteiger partial charge < -0.3 is 16.0 Å². The molecule has 0 saturated carbocycles. The van der Waals surface area contributed by atoms with Crippen LogP contribution in [0.25, 0.3) is 11.1 Å². The first-order chi connectivity index (χ1) is 20.1. The lowest BCUT2D eigenvalue weighted by atomic mass is 10.0. The van der Waals surface area contributed by atoms with Crippen molar-refractivity contribution in [2.45, 2.75) is 24.3 Å². The number of primary sulfonamides is 1. The summed E-state index contributed by atoms with van der Waals surface area (Å²) in [5.41, 5.74) is 10.6. The first-order valence-corrected chi connectivity index (χ1v) is 15.8. The van der Waals surface area contributed by atoms with Crippen LogP contribution in [0.4, 0.5) is 0 Å². The van der Waals surface area contributed by atoms with Crippen molar-refractivity contribution in [1.82, 2.24) is 10.2 Å². The zero-order valence-corrected chi connectivity index (χ0v) is 25.4. The second-order valence-corrected chi connectivity index (χ2v) is 12.4. The van der Waals surface area contributed by atoms with Crippen molar-refractivity contribution >= 4 is 37.8 Å². The van der Waals surface area contributed by atoms with Gasteiger partial charge in [0.2, 0.25) is 15.9 Å². The Bertz CT molecular complexity index is 1640. The van der Waals surface area contributed by atoms with E-state index in [1.54, 1.807) is 18.2 Å². The Morgan fingerprint density at radius 2 is 1.45 bits per heavy atom. The summed E-state index contributed by atoms with van der Waals surface area (Å²) < 4.78 is 24.2. The van der Waals surface area contributed by atoms with Crippen molar-refractivity contribution in [3.63, 3.8) is 0 Å². The number of benzene rings is 4. The van der Waals surface area contributed by atoms with Gasteiger partial charge in [-0.25, -0.2) is 13.6 Å². The number of hydrogen-bond donors (Lipinski definition) is 3. The number of nitrogens with two attached hydrogens (primary N) is 2. The molecule has 0 radical (unpaired) electrons. The molecule has 5 N–H and O–H groups in total. The molecule has 8 nitrogen and oxygen atoms in total. The third kappa shape index (κ3) is 8.83. The van der Waals surface area contributed by atoms with Crippen LogP contribution >= 0.6 is 15.9 Å². The Labute approximate surface area is 254 Å². The molecule has 0 aromatic heterocycles. The highest BCUT2D eigenvalue weighted by molar-refractivity contribution is 9.10. The van der Waals surface area contributed by atoms with Gasteiger partial charge in [0.25, 0.3) is 5.91 Å². The van der Waals surface area contributed by atoms with Gasteiger partial charge in [0.05, 0.1) is 11.3 Å². The number of nitrogens with one attached hydrogen (secondary N) is 1. The molecule has 0 spiro atoms. The highest BCUT2D eigenvalue weighted by Crippen LogP contribution is 2.23. The molecule has 218 valence electrons. The second kappa shape index (κ2) is 14.4. The number of carbonyl (C=O) groups excluding carboxylic acids is 2. The van der Waals surface area contributed by atoms with Crippen molar-refractivity contribution in [3.05, 3.63) is 124 Å². The van der Waals surface area contributed by atoms with Gasteiger partial charge in [0.15, 0.2) is 0 Å². The molecule has 0 saturated heterocycles. The predicted octanol–water partition coefficient (Wildman–Crippen LogP) is 4.27. The Kier molecular flexibility index (Phi) is 10.6. The van der Waals surface area contributed by atoms with E-state index in [2.05, 4.69) is 21.2 Å². The van der Waals surface area contributed by atoms with Crippen LogP contribution in [-0.4, -0.2) is 44.8 Å². The zero-order valence-electron chi connectivity index (χ0n) is 23.0. The van der Waals surface area contributed by atoms with Crippen molar-refractivity contribution in [3.8, 4) is 11.1 Å². The minimum Gasteiger partial charge on any atom is -0.351 e. The molecule has 10 heteroatoms. The number of amides is 2. The fourth-order valence-electron chi connectivity index (χ4n) is 4.49. The fraction of sp³-hybridized carbons (Fsp3) is 0.188. The van der Waals surface area contributed by atoms with Crippen LogP contribution in [0.15, 0.2) is 106 Å². The third-order valence-electron chi connectivity index (χ3n) is 6.73. The molecule has 0 fully saturated rings. The minimum absolute atomic E-state index is 0.0255. The summed E-state index contributed by atoms with van der Waals surface area (Å²) in [5.74, 6) is -0.206. The van der Waals surface area contributed by atoms with E-state index in [-0.39, 0.29) is 23.1 Å². The number of rotatable bonds is 12. The summed E-state index contributed by atoms with van der Waals surface area (Å²) in [4.78, 5) is 27.8. The number of nitrogens with zero attached hydrogens (tertiary/aromatic N) is 1. The summed E-state index contributed by atoms with van der Waals surface area (Å²) in [6.07, 6.45) is 0.786. The maximum Gasteiger partial charge on any atom is 0.251 e. The lowest BCUT2D eigenvalue weighted by molar-refractivity contribution is -0.131. The van der Waals surface area contributed by atoms with Gasteiger partial charge in [-0.2, -0.15) is 0 Å². The lowest BCUT2D eigenvalue weighted by Crippen LogP contribution is -2.33. The highest BCUT2D eigenvalue weighted by Gasteiger charge is 2.16. The SMILES string of the molecule is NCCNC(=O)c1cccc(-c2cccc(CN(CCc3ccc(S(N)(=O)=O)cc3)C(=O)Cc3ccc(Br)cc3)c2)c1. The summed E-state index contributed by atoms with van der Waals surface area (Å²) in [5, 5.41) is 8.02. The first-order valence-electron chi connectivity index (χ1n) is 13.4. The van der Waals surface area contributed by atoms with Gasteiger partial charge in [-0.1, -0.05) is 70.5 Å². The van der Waals surface area contributed by atoms with E-state index in [0.717, 1.165) is 32.3 Å². The van der Waals surface area contributed by atoms with Crippen molar-refractivity contribution < 1.29 is 18.0 Å². The molecule has 42 heavy (non-hydrogen) atoms. The minimum atomic E-state index is -3.78. The summed E-state index contributed by atoms with van der Waals surface area (Å²) in [6, 6.07) is 29.4. The summed E-state index contributed by atoms with van der Waals surface area (Å²) in [7, 11) is -3.78. The standard InChI is InChI=1S/C32H33BrN4O4S/c33-29-11-7-24(8-12-29)20-31(38)37(18-15-23-9-13-30(14-10-23)42(35,40)41)22-25-3-1-4-26(19-25)27-5-2-6-28(21-27)32(39)36-17-16-34/h1-14,19,21H,15-18,20,22,34H2,(H,36,39)(H2,35,40,41). The van der Waals surface area contributed by atoms with E-state index in [4.69, 9.17) is 10.9 Å². The van der Waals surface area contributed by atoms with E-state index >= 15 is 0 Å². The molecular formula is C32H33BrN4O4S. The van der Waals surface area contributed by atoms with Crippen LogP contribution in [0, 0.1) is 0 Å². The largest absolute Gasteiger partial charge is 0.351 e. The molecule has 4 rings (SSSR count). The Morgan fingerprint density at radius 1 is 0.810 bits per heavy atom. The van der Waals surface area contributed by atoms with Crippen LogP contribution < -0.4 is 16.2 Å². The van der Waals surface area contributed by atoms with Gasteiger partial charge in [-0.05, 0) is 76.7 Å². The average molecular weight is 650 g/mol. The number of sulfonamides is 1. The summed E-state index contributed by atoms with van der Waals surface area (Å²) >= 11 is 3.43. The molecule has 0 heterocycles. The molecule has 4 aromatic carbocycles. The molecule has 0 atom stereocenters. The van der Waals surface area contributed by atoms with E-state index in [1.807, 2.05) is 71.6 Å². The van der Waals surface area contributed by atoms with Crippen LogP contribution in [0.1, 0.15) is 27.0 Å². The van der Waals surface area contributed by atoms with Crippen LogP contribution in [0.5, 0.6) is 0 Å². The fourth-order valence-corrected chi connectivity index (χ4v) is 5.27. The lowest BCUT2D eigenvalue weighted by Gasteiger charge is -2.24. The topological polar surface area (TPSA) is 136 Å². The molecule has 0 aliphatic rings. The highest BCUT2D eigenvalue weighted by atomic mass is 79.9. The smallest absolute Gasteiger partial charge is 0.251 e. The monoisotopic (exact) mass is 648 g/mol. The normalized spacial score (nSPS) is 11.2. The molecule has 0 bridgehead atoms. The quantitative estimate of drug-likeness (QED) is 0.211. The van der Waals surface area contributed by atoms with Crippen molar-refractivity contribution in [2.75, 3.05) is 19.6 Å². The Balaban J connectivity index is 1.54. The van der Waals surface area contributed by atoms with Gasteiger partial charge in [0.1, 0.15) is 0 Å². The van der Waals surface area contributed by atoms with Gasteiger partial charge >= 0.3 is 0 Å². The van der Waals surface area contributed by atoms with Crippen molar-refractivity contribution in [1.29, 1.82) is 0 Å². The molecular weight excluding hydrogens is 616 g/mol. The van der Waals surface area contributed by atoms with E-state index in [0.29, 0.717) is 38.2 Å².